The highest BCUT2D eigenvalue weighted by atomic mass is 35.5. The summed E-state index contributed by atoms with van der Waals surface area (Å²) in [5.74, 6) is -0.688. The van der Waals surface area contributed by atoms with Crippen molar-refractivity contribution in [2.45, 2.75) is 31.4 Å². The molecule has 0 fully saturated rings. The second kappa shape index (κ2) is 9.04. The summed E-state index contributed by atoms with van der Waals surface area (Å²) in [5, 5.41) is 3.06. The third-order valence-electron chi connectivity index (χ3n) is 4.02. The number of hydrogen-bond donors (Lipinski definition) is 1. The third-order valence-corrected chi connectivity index (χ3v) is 6.77. The number of hydrogen-bond acceptors (Lipinski definition) is 6. The van der Waals surface area contributed by atoms with Gasteiger partial charge >= 0.3 is 5.97 Å². The molecule has 1 heterocycles. The molecule has 0 aliphatic heterocycles. The minimum atomic E-state index is -3.86. The van der Waals surface area contributed by atoms with Gasteiger partial charge in [0.15, 0.2) is 0 Å². The monoisotopic (exact) mass is 450 g/mol. The second-order valence-corrected chi connectivity index (χ2v) is 9.42. The lowest BCUT2D eigenvalue weighted by molar-refractivity contribution is -0.146. The van der Waals surface area contributed by atoms with E-state index in [0.29, 0.717) is 10.7 Å². The Hall–Kier alpha value is -2.26. The van der Waals surface area contributed by atoms with Crippen LogP contribution in [-0.2, 0) is 26.2 Å². The molecule has 1 aromatic heterocycles. The number of nitrogens with one attached hydrogen (secondary N) is 1. The maximum atomic E-state index is 12.3. The van der Waals surface area contributed by atoms with Crippen LogP contribution in [0.4, 0.5) is 0 Å². The SMILES string of the molecule is Cc1ccc(-c2nc(COC(=O)[C@H](C)NS(=O)(=O)c3ccc(Cl)cc3)cs2)cc1. The first-order valence-corrected chi connectivity index (χ1v) is 11.4. The number of rotatable bonds is 7. The summed E-state index contributed by atoms with van der Waals surface area (Å²) in [4.78, 5) is 16.7. The van der Waals surface area contributed by atoms with Crippen molar-refractivity contribution in [3.05, 3.63) is 70.2 Å². The van der Waals surface area contributed by atoms with Gasteiger partial charge in [0.25, 0.3) is 0 Å². The van der Waals surface area contributed by atoms with E-state index in [4.69, 9.17) is 16.3 Å². The fraction of sp³-hybridized carbons (Fsp3) is 0.200. The quantitative estimate of drug-likeness (QED) is 0.545. The third kappa shape index (κ3) is 5.63. The lowest BCUT2D eigenvalue weighted by Gasteiger charge is -2.13. The summed E-state index contributed by atoms with van der Waals surface area (Å²) in [6, 6.07) is 12.6. The average Bonchev–Trinajstić information content (AvgIpc) is 3.15. The number of nitrogens with zero attached hydrogens (tertiary/aromatic N) is 1. The zero-order chi connectivity index (χ0) is 21.0. The van der Waals surface area contributed by atoms with E-state index in [0.717, 1.165) is 16.1 Å². The lowest BCUT2D eigenvalue weighted by Crippen LogP contribution is -2.39. The smallest absolute Gasteiger partial charge is 0.324 e. The van der Waals surface area contributed by atoms with Gasteiger partial charge in [-0.2, -0.15) is 4.72 Å². The van der Waals surface area contributed by atoms with Gasteiger partial charge in [0.1, 0.15) is 17.7 Å². The Morgan fingerprint density at radius 2 is 1.83 bits per heavy atom. The van der Waals surface area contributed by atoms with E-state index in [9.17, 15) is 13.2 Å². The van der Waals surface area contributed by atoms with Crippen molar-refractivity contribution in [3.8, 4) is 10.6 Å². The fourth-order valence-electron chi connectivity index (χ4n) is 2.43. The van der Waals surface area contributed by atoms with Gasteiger partial charge < -0.3 is 4.74 Å². The molecule has 3 aromatic rings. The Morgan fingerprint density at radius 3 is 2.48 bits per heavy atom. The molecule has 0 bridgehead atoms. The Balaban J connectivity index is 1.57. The van der Waals surface area contributed by atoms with Gasteiger partial charge in [0.2, 0.25) is 10.0 Å². The lowest BCUT2D eigenvalue weighted by atomic mass is 10.2. The molecule has 6 nitrogen and oxygen atoms in total. The van der Waals surface area contributed by atoms with Crippen LogP contribution in [0.1, 0.15) is 18.2 Å². The summed E-state index contributed by atoms with van der Waals surface area (Å²) >= 11 is 7.22. The second-order valence-electron chi connectivity index (χ2n) is 6.41. The number of esters is 1. The number of carbonyl (C=O) groups is 1. The Labute approximate surface area is 178 Å². The van der Waals surface area contributed by atoms with Gasteiger partial charge in [0, 0.05) is 16.0 Å². The topological polar surface area (TPSA) is 85.4 Å². The minimum Gasteiger partial charge on any atom is -0.458 e. The number of aromatic nitrogens is 1. The number of ether oxygens (including phenoxy) is 1. The highest BCUT2D eigenvalue weighted by Gasteiger charge is 2.23. The number of aryl methyl sites for hydroxylation is 1. The Bertz CT molecular complexity index is 1090. The Morgan fingerprint density at radius 1 is 1.17 bits per heavy atom. The number of thiazole rings is 1. The van der Waals surface area contributed by atoms with Crippen molar-refractivity contribution in [1.82, 2.24) is 9.71 Å². The van der Waals surface area contributed by atoms with Crippen LogP contribution in [0.15, 0.2) is 58.8 Å². The highest BCUT2D eigenvalue weighted by Crippen LogP contribution is 2.24. The zero-order valence-corrected chi connectivity index (χ0v) is 18.1. The normalized spacial score (nSPS) is 12.5. The standard InChI is InChI=1S/C20H19ClN2O4S2/c1-13-3-5-15(6-4-13)19-22-17(12-28-19)11-27-20(24)14(2)23-29(25,26)18-9-7-16(21)8-10-18/h3-10,12,14,23H,11H2,1-2H3/t14-/m0/s1. The molecule has 0 saturated heterocycles. The first-order valence-electron chi connectivity index (χ1n) is 8.70. The minimum absolute atomic E-state index is 0.0174. The maximum absolute atomic E-state index is 12.3. The molecule has 9 heteroatoms. The van der Waals surface area contributed by atoms with Gasteiger partial charge in [-0.05, 0) is 38.1 Å². The van der Waals surface area contributed by atoms with E-state index in [1.807, 2.05) is 36.6 Å². The molecule has 0 radical (unpaired) electrons. The van der Waals surface area contributed by atoms with Gasteiger partial charge in [-0.15, -0.1) is 11.3 Å². The molecule has 0 aliphatic rings. The Kier molecular flexibility index (Phi) is 6.69. The molecule has 0 aliphatic carbocycles. The van der Waals surface area contributed by atoms with E-state index in [-0.39, 0.29) is 11.5 Å². The maximum Gasteiger partial charge on any atom is 0.324 e. The summed E-state index contributed by atoms with van der Waals surface area (Å²) in [6.45, 7) is 3.40. The van der Waals surface area contributed by atoms with E-state index >= 15 is 0 Å². The van der Waals surface area contributed by atoms with Crippen LogP contribution in [0, 0.1) is 6.92 Å². The molecule has 1 atom stereocenters. The first-order chi connectivity index (χ1) is 13.7. The van der Waals surface area contributed by atoms with E-state index in [1.54, 1.807) is 0 Å². The van der Waals surface area contributed by atoms with Crippen LogP contribution in [0.3, 0.4) is 0 Å². The van der Waals surface area contributed by atoms with Crippen LogP contribution in [0.2, 0.25) is 5.02 Å². The van der Waals surface area contributed by atoms with Crippen molar-refractivity contribution in [3.63, 3.8) is 0 Å². The summed E-state index contributed by atoms with van der Waals surface area (Å²) in [7, 11) is -3.86. The molecular weight excluding hydrogens is 432 g/mol. The molecular formula is C20H19ClN2O4S2. The highest BCUT2D eigenvalue weighted by molar-refractivity contribution is 7.89. The molecule has 2 aromatic carbocycles. The molecule has 152 valence electrons. The fourth-order valence-corrected chi connectivity index (χ4v) is 4.56. The van der Waals surface area contributed by atoms with Crippen molar-refractivity contribution in [2.24, 2.45) is 0 Å². The van der Waals surface area contributed by atoms with Crippen LogP contribution in [-0.4, -0.2) is 25.4 Å². The molecule has 29 heavy (non-hydrogen) atoms. The number of carbonyl (C=O) groups excluding carboxylic acids is 1. The van der Waals surface area contributed by atoms with E-state index in [2.05, 4.69) is 9.71 Å². The largest absolute Gasteiger partial charge is 0.458 e. The molecule has 1 N–H and O–H groups in total. The summed E-state index contributed by atoms with van der Waals surface area (Å²) in [5.41, 5.74) is 2.75. The van der Waals surface area contributed by atoms with Crippen LogP contribution in [0.25, 0.3) is 10.6 Å². The van der Waals surface area contributed by atoms with Gasteiger partial charge in [0.05, 0.1) is 10.6 Å². The van der Waals surface area contributed by atoms with Crippen LogP contribution < -0.4 is 4.72 Å². The van der Waals surface area contributed by atoms with Gasteiger partial charge in [-0.1, -0.05) is 41.4 Å². The summed E-state index contributed by atoms with van der Waals surface area (Å²) in [6.07, 6.45) is 0. The number of benzene rings is 2. The van der Waals surface area contributed by atoms with Gasteiger partial charge in [-0.25, -0.2) is 13.4 Å². The predicted molar refractivity (Wildman–Crippen MR) is 113 cm³/mol. The average molecular weight is 451 g/mol. The first kappa shape index (κ1) is 21.4. The van der Waals surface area contributed by atoms with Crippen molar-refractivity contribution < 1.29 is 17.9 Å². The molecule has 0 unspecified atom stereocenters. The number of halogens is 1. The summed E-state index contributed by atoms with van der Waals surface area (Å²) < 4.78 is 32.2. The number of sulfonamides is 1. The van der Waals surface area contributed by atoms with Crippen molar-refractivity contribution >= 4 is 38.9 Å². The molecule has 0 spiro atoms. The van der Waals surface area contributed by atoms with Crippen LogP contribution in [0.5, 0.6) is 0 Å². The molecule has 0 amide bonds. The molecule has 0 saturated carbocycles. The van der Waals surface area contributed by atoms with Crippen LogP contribution >= 0.6 is 22.9 Å². The predicted octanol–water partition coefficient (Wildman–Crippen LogP) is 4.18. The van der Waals surface area contributed by atoms with Gasteiger partial charge in [-0.3, -0.25) is 4.79 Å². The van der Waals surface area contributed by atoms with Crippen molar-refractivity contribution in [1.29, 1.82) is 0 Å². The van der Waals surface area contributed by atoms with E-state index < -0.39 is 22.0 Å². The van der Waals surface area contributed by atoms with E-state index in [1.165, 1.54) is 42.5 Å². The van der Waals surface area contributed by atoms with Crippen molar-refractivity contribution in [2.75, 3.05) is 0 Å². The molecule has 3 rings (SSSR count). The zero-order valence-electron chi connectivity index (χ0n) is 15.8.